The average molecular weight is 453 g/mol. The molecule has 33 heavy (non-hydrogen) atoms. The number of hydrogen-bond donors (Lipinski definition) is 1. The first-order valence-corrected chi connectivity index (χ1v) is 11.7. The predicted octanol–water partition coefficient (Wildman–Crippen LogP) is 6.28. The van der Waals surface area contributed by atoms with Crippen LogP contribution in [-0.4, -0.2) is 14.7 Å². The Morgan fingerprint density at radius 1 is 0.848 bits per heavy atom. The van der Waals surface area contributed by atoms with E-state index >= 15 is 0 Å². The molecule has 0 unspecified atom stereocenters. The van der Waals surface area contributed by atoms with E-state index in [0.29, 0.717) is 0 Å². The van der Waals surface area contributed by atoms with Crippen LogP contribution in [0.4, 0.5) is 5.69 Å². The Balaban J connectivity index is 1.71. The molecule has 0 spiro atoms. The molecule has 1 saturated heterocycles. The molecule has 0 bridgehead atoms. The summed E-state index contributed by atoms with van der Waals surface area (Å²) in [5.74, 6) is 0. The molecular weight excluding hydrogens is 424 g/mol. The molecule has 3 heterocycles. The number of pyridine rings is 1. The van der Waals surface area contributed by atoms with Crippen LogP contribution in [0.25, 0.3) is 5.69 Å². The van der Waals surface area contributed by atoms with Gasteiger partial charge in [0.05, 0.1) is 23.5 Å². The second-order valence-electron chi connectivity index (χ2n) is 8.73. The van der Waals surface area contributed by atoms with Gasteiger partial charge >= 0.3 is 0 Å². The van der Waals surface area contributed by atoms with Crippen molar-refractivity contribution >= 4 is 23.0 Å². The number of benzene rings is 2. The average Bonchev–Trinajstić information content (AvgIpc) is 3.31. The normalized spacial score (nSPS) is 17.9. The molecule has 1 aliphatic heterocycles. The number of rotatable bonds is 4. The predicted molar refractivity (Wildman–Crippen MR) is 139 cm³/mol. The molecule has 0 saturated carbocycles. The second-order valence-corrected chi connectivity index (χ2v) is 9.12. The molecule has 2 atom stereocenters. The lowest BCUT2D eigenvalue weighted by molar-refractivity contribution is 0.565. The maximum atomic E-state index is 5.87. The van der Waals surface area contributed by atoms with Crippen LogP contribution in [0.3, 0.4) is 0 Å². The molecule has 166 valence electrons. The first kappa shape index (κ1) is 21.4. The zero-order valence-corrected chi connectivity index (χ0v) is 20.2. The van der Waals surface area contributed by atoms with E-state index in [1.165, 1.54) is 33.8 Å². The Morgan fingerprint density at radius 3 is 2.21 bits per heavy atom. The lowest BCUT2D eigenvalue weighted by Gasteiger charge is -2.28. The summed E-state index contributed by atoms with van der Waals surface area (Å²) in [5.41, 5.74) is 9.55. The highest BCUT2D eigenvalue weighted by Gasteiger charge is 2.42. The van der Waals surface area contributed by atoms with Crippen molar-refractivity contribution in [1.29, 1.82) is 0 Å². The fourth-order valence-corrected chi connectivity index (χ4v) is 5.47. The molecule has 0 amide bonds. The maximum absolute atomic E-state index is 5.87. The van der Waals surface area contributed by atoms with Gasteiger partial charge in [0.15, 0.2) is 5.11 Å². The minimum atomic E-state index is -0.0502. The molecule has 1 N–H and O–H groups in total. The van der Waals surface area contributed by atoms with Crippen LogP contribution < -0.4 is 10.2 Å². The van der Waals surface area contributed by atoms with Gasteiger partial charge in [-0.3, -0.25) is 4.98 Å². The van der Waals surface area contributed by atoms with Crippen LogP contribution >= 0.6 is 12.2 Å². The van der Waals surface area contributed by atoms with Gasteiger partial charge in [0.2, 0.25) is 0 Å². The Morgan fingerprint density at radius 2 is 1.55 bits per heavy atom. The minimum Gasteiger partial charge on any atom is -0.351 e. The smallest absolute Gasteiger partial charge is 0.174 e. The summed E-state index contributed by atoms with van der Waals surface area (Å²) in [6.07, 6.45) is 1.85. The number of nitrogens with one attached hydrogen (secondary N) is 1. The molecule has 2 aromatic carbocycles. The number of para-hydroxylation sites is 2. The third-order valence-corrected chi connectivity index (χ3v) is 6.90. The highest BCUT2D eigenvalue weighted by atomic mass is 32.1. The van der Waals surface area contributed by atoms with E-state index in [1.54, 1.807) is 0 Å². The van der Waals surface area contributed by atoms with Gasteiger partial charge in [-0.25, -0.2) is 0 Å². The van der Waals surface area contributed by atoms with Crippen molar-refractivity contribution < 1.29 is 0 Å². The van der Waals surface area contributed by atoms with Gasteiger partial charge in [-0.2, -0.15) is 0 Å². The third kappa shape index (κ3) is 3.62. The molecule has 5 rings (SSSR count). The summed E-state index contributed by atoms with van der Waals surface area (Å²) in [6.45, 7) is 8.76. The van der Waals surface area contributed by atoms with Crippen molar-refractivity contribution in [3.8, 4) is 5.69 Å². The molecular formula is C28H28N4S. The first-order valence-electron chi connectivity index (χ1n) is 11.3. The van der Waals surface area contributed by atoms with Gasteiger partial charge < -0.3 is 14.8 Å². The summed E-state index contributed by atoms with van der Waals surface area (Å²) in [6, 6.07) is 25.2. The summed E-state index contributed by atoms with van der Waals surface area (Å²) < 4.78 is 2.39. The maximum Gasteiger partial charge on any atom is 0.174 e. The molecule has 0 radical (unpaired) electrons. The van der Waals surface area contributed by atoms with E-state index in [4.69, 9.17) is 12.2 Å². The van der Waals surface area contributed by atoms with Crippen molar-refractivity contribution in [1.82, 2.24) is 14.9 Å². The highest BCUT2D eigenvalue weighted by molar-refractivity contribution is 7.80. The lowest BCUT2D eigenvalue weighted by atomic mass is 9.96. The fourth-order valence-electron chi connectivity index (χ4n) is 5.13. The fraction of sp³-hybridized carbons (Fsp3) is 0.214. The summed E-state index contributed by atoms with van der Waals surface area (Å²) >= 11 is 5.87. The van der Waals surface area contributed by atoms with Crippen LogP contribution in [0.1, 0.15) is 45.9 Å². The van der Waals surface area contributed by atoms with Crippen LogP contribution in [0, 0.1) is 27.7 Å². The summed E-state index contributed by atoms with van der Waals surface area (Å²) in [5, 5.41) is 4.29. The SMILES string of the molecule is Cc1cccc(C)c1-n1c(C)cc([C@@H]2[C@@H](c3ccccn3)NC(=S)N2c2ccccc2)c1C. The zero-order chi connectivity index (χ0) is 23.1. The number of aromatic nitrogens is 2. The first-order chi connectivity index (χ1) is 16.0. The topological polar surface area (TPSA) is 33.1 Å². The molecule has 5 heteroatoms. The monoisotopic (exact) mass is 452 g/mol. The van der Waals surface area contributed by atoms with Crippen LogP contribution in [0.5, 0.6) is 0 Å². The van der Waals surface area contributed by atoms with E-state index in [-0.39, 0.29) is 12.1 Å². The van der Waals surface area contributed by atoms with E-state index in [9.17, 15) is 0 Å². The van der Waals surface area contributed by atoms with Crippen LogP contribution in [0.2, 0.25) is 0 Å². The van der Waals surface area contributed by atoms with Gasteiger partial charge in [-0.05, 0) is 86.9 Å². The van der Waals surface area contributed by atoms with Crippen LogP contribution in [-0.2, 0) is 0 Å². The molecule has 1 aliphatic rings. The second kappa shape index (κ2) is 8.49. The Hall–Kier alpha value is -3.44. The molecule has 0 aliphatic carbocycles. The third-order valence-electron chi connectivity index (χ3n) is 6.58. The van der Waals surface area contributed by atoms with Crippen molar-refractivity contribution in [3.63, 3.8) is 0 Å². The minimum absolute atomic E-state index is 0.0147. The highest BCUT2D eigenvalue weighted by Crippen LogP contribution is 2.43. The molecule has 1 fully saturated rings. The largest absolute Gasteiger partial charge is 0.351 e. The van der Waals surface area contributed by atoms with Crippen molar-refractivity contribution in [2.45, 2.75) is 39.8 Å². The van der Waals surface area contributed by atoms with E-state index in [1.807, 2.05) is 24.4 Å². The standard InChI is InChI=1S/C28H28N4S/c1-18-11-10-12-19(2)26(18)31-20(3)17-23(21(31)4)27-25(24-15-8-9-16-29-24)30-28(33)32(27)22-13-6-5-7-14-22/h5-17,25,27H,1-4H3,(H,30,33)/t25-,27-/m1/s1. The number of hydrogen-bond acceptors (Lipinski definition) is 2. The lowest BCUT2D eigenvalue weighted by Crippen LogP contribution is -2.29. The van der Waals surface area contributed by atoms with Gasteiger partial charge in [0, 0.05) is 23.3 Å². The van der Waals surface area contributed by atoms with Crippen LogP contribution in [0.15, 0.2) is 79.0 Å². The van der Waals surface area contributed by atoms with Gasteiger partial charge in [-0.15, -0.1) is 0 Å². The van der Waals surface area contributed by atoms with E-state index < -0.39 is 0 Å². The van der Waals surface area contributed by atoms with Crippen molar-refractivity contribution in [2.75, 3.05) is 4.90 Å². The quantitative estimate of drug-likeness (QED) is 0.369. The summed E-state index contributed by atoms with van der Waals surface area (Å²) in [7, 11) is 0. The Kier molecular flexibility index (Phi) is 5.51. The number of thiocarbonyl (C=S) groups is 1. The Labute approximate surface area is 200 Å². The van der Waals surface area contributed by atoms with Crippen molar-refractivity contribution in [2.24, 2.45) is 0 Å². The number of anilines is 1. The molecule has 4 nitrogen and oxygen atoms in total. The van der Waals surface area contributed by atoms with Gasteiger partial charge in [0.1, 0.15) is 0 Å². The number of aryl methyl sites for hydroxylation is 3. The molecule has 4 aromatic rings. The van der Waals surface area contributed by atoms with Gasteiger partial charge in [-0.1, -0.05) is 42.5 Å². The Bertz CT molecular complexity index is 1290. The van der Waals surface area contributed by atoms with E-state index in [0.717, 1.165) is 16.5 Å². The zero-order valence-electron chi connectivity index (χ0n) is 19.4. The van der Waals surface area contributed by atoms with Gasteiger partial charge in [0.25, 0.3) is 0 Å². The number of nitrogens with zero attached hydrogens (tertiary/aromatic N) is 3. The molecule has 2 aromatic heterocycles. The van der Waals surface area contributed by atoms with E-state index in [2.05, 4.69) is 102 Å². The van der Waals surface area contributed by atoms with Crippen molar-refractivity contribution in [3.05, 3.63) is 113 Å². The summed E-state index contributed by atoms with van der Waals surface area (Å²) in [4.78, 5) is 6.93.